The van der Waals surface area contributed by atoms with Crippen LogP contribution in [0.4, 0.5) is 0 Å². The maximum Gasteiger partial charge on any atom is 0.272 e. The monoisotopic (exact) mass is 392 g/mol. The summed E-state index contributed by atoms with van der Waals surface area (Å²) in [6.07, 6.45) is 4.27. The highest BCUT2D eigenvalue weighted by molar-refractivity contribution is 6.37. The highest BCUT2D eigenvalue weighted by atomic mass is 35.5. The molecule has 2 heterocycles. The molecular weight excluding hydrogens is 371 g/mol. The Labute approximate surface area is 164 Å². The zero-order valence-corrected chi connectivity index (χ0v) is 16.3. The van der Waals surface area contributed by atoms with Crippen LogP contribution in [-0.4, -0.2) is 28.4 Å². The lowest BCUT2D eigenvalue weighted by molar-refractivity contribution is 0.0601. The number of ether oxygens (including phenoxy) is 1. The average molecular weight is 393 g/mol. The molecule has 1 unspecified atom stereocenters. The van der Waals surface area contributed by atoms with Gasteiger partial charge in [-0.1, -0.05) is 42.3 Å². The number of benzene rings is 1. The molecule has 0 aliphatic carbocycles. The van der Waals surface area contributed by atoms with Crippen LogP contribution in [0.15, 0.2) is 36.4 Å². The first kappa shape index (κ1) is 19.0. The molecule has 1 fully saturated rings. The average Bonchev–Trinajstić information content (AvgIpc) is 2.67. The number of aromatic nitrogens is 1. The number of pyridine rings is 1. The third-order valence-corrected chi connectivity index (χ3v) is 5.26. The van der Waals surface area contributed by atoms with E-state index < -0.39 is 0 Å². The van der Waals surface area contributed by atoms with Crippen LogP contribution in [0.5, 0.6) is 5.75 Å². The Balaban J connectivity index is 1.72. The number of rotatable bonds is 5. The van der Waals surface area contributed by atoms with Gasteiger partial charge < -0.3 is 9.64 Å². The maximum absolute atomic E-state index is 12.9. The number of nitrogens with zero attached hydrogens (tertiary/aromatic N) is 2. The number of piperidine rings is 1. The van der Waals surface area contributed by atoms with E-state index >= 15 is 0 Å². The Morgan fingerprint density at radius 2 is 1.92 bits per heavy atom. The lowest BCUT2D eigenvalue weighted by Gasteiger charge is -2.35. The molecule has 1 aromatic heterocycles. The summed E-state index contributed by atoms with van der Waals surface area (Å²) in [6, 6.07) is 10.9. The van der Waals surface area contributed by atoms with Gasteiger partial charge >= 0.3 is 0 Å². The van der Waals surface area contributed by atoms with Crippen LogP contribution in [0.25, 0.3) is 0 Å². The molecule has 1 aliphatic rings. The lowest BCUT2D eigenvalue weighted by Crippen LogP contribution is -2.43. The number of hydrogen-bond donors (Lipinski definition) is 0. The number of para-hydroxylation sites is 1. The quantitative estimate of drug-likeness (QED) is 0.686. The van der Waals surface area contributed by atoms with Crippen molar-refractivity contribution in [3.8, 4) is 5.75 Å². The van der Waals surface area contributed by atoms with E-state index in [0.717, 1.165) is 25.8 Å². The molecule has 0 saturated carbocycles. The number of amides is 1. The van der Waals surface area contributed by atoms with Crippen LogP contribution in [0.1, 0.15) is 48.8 Å². The summed E-state index contributed by atoms with van der Waals surface area (Å²) >= 11 is 12.2. The molecule has 138 valence electrons. The van der Waals surface area contributed by atoms with E-state index in [2.05, 4.69) is 11.9 Å². The van der Waals surface area contributed by atoms with Gasteiger partial charge in [0.1, 0.15) is 12.3 Å². The molecule has 1 aromatic carbocycles. The summed E-state index contributed by atoms with van der Waals surface area (Å²) in [6.45, 7) is 3.12. The fourth-order valence-corrected chi connectivity index (χ4v) is 3.79. The number of carbonyl (C=O) groups excluding carboxylic acids is 1. The second kappa shape index (κ2) is 8.74. The second-order valence-electron chi connectivity index (χ2n) is 6.41. The summed E-state index contributed by atoms with van der Waals surface area (Å²) in [7, 11) is 0. The summed E-state index contributed by atoms with van der Waals surface area (Å²) in [5, 5.41) is 0.896. The van der Waals surface area contributed by atoms with E-state index in [4.69, 9.17) is 27.9 Å². The van der Waals surface area contributed by atoms with Crippen molar-refractivity contribution in [3.63, 3.8) is 0 Å². The summed E-state index contributed by atoms with van der Waals surface area (Å²) in [5.41, 5.74) is 1.12. The molecule has 2 aromatic rings. The smallest absolute Gasteiger partial charge is 0.272 e. The van der Waals surface area contributed by atoms with Crippen molar-refractivity contribution in [2.24, 2.45) is 0 Å². The van der Waals surface area contributed by atoms with E-state index in [1.807, 2.05) is 17.0 Å². The number of hydrogen-bond acceptors (Lipinski definition) is 3. The zero-order valence-electron chi connectivity index (χ0n) is 14.8. The topological polar surface area (TPSA) is 42.4 Å². The van der Waals surface area contributed by atoms with Crippen LogP contribution in [0.2, 0.25) is 10.0 Å². The molecule has 1 aliphatic heterocycles. The molecule has 1 saturated heterocycles. The molecule has 0 spiro atoms. The Kier molecular flexibility index (Phi) is 6.38. The van der Waals surface area contributed by atoms with E-state index in [1.165, 1.54) is 6.42 Å². The summed E-state index contributed by atoms with van der Waals surface area (Å²) < 4.78 is 5.72. The predicted octanol–water partition coefficient (Wildman–Crippen LogP) is 5.37. The highest BCUT2D eigenvalue weighted by Crippen LogP contribution is 2.32. The Morgan fingerprint density at radius 3 is 2.65 bits per heavy atom. The third kappa shape index (κ3) is 4.30. The molecule has 3 rings (SSSR count). The minimum atomic E-state index is -0.00539. The number of likely N-dealkylation sites (tertiary alicyclic amines) is 1. The fraction of sp³-hybridized carbons (Fsp3) is 0.400. The second-order valence-corrected chi connectivity index (χ2v) is 7.22. The zero-order chi connectivity index (χ0) is 18.5. The standard InChI is InChI=1S/C20H22Cl2N2O2/c1-2-15-8-3-4-12-24(15)20(25)18-11-5-7-14(23-18)13-26-19-16(21)9-6-10-17(19)22/h5-7,9-11,15H,2-4,8,12-13H2,1H3. The maximum atomic E-state index is 12.9. The van der Waals surface area contributed by atoms with Gasteiger partial charge in [-0.25, -0.2) is 4.98 Å². The molecule has 0 N–H and O–H groups in total. The Bertz CT molecular complexity index is 762. The summed E-state index contributed by atoms with van der Waals surface area (Å²) in [5.74, 6) is 0.422. The van der Waals surface area contributed by atoms with Gasteiger partial charge in [0.15, 0.2) is 5.75 Å². The van der Waals surface area contributed by atoms with Gasteiger partial charge in [-0.2, -0.15) is 0 Å². The van der Waals surface area contributed by atoms with Gasteiger partial charge in [0.2, 0.25) is 0 Å². The van der Waals surface area contributed by atoms with Crippen molar-refractivity contribution in [2.75, 3.05) is 6.54 Å². The Morgan fingerprint density at radius 1 is 1.19 bits per heavy atom. The van der Waals surface area contributed by atoms with Crippen molar-refractivity contribution < 1.29 is 9.53 Å². The molecular formula is C20H22Cl2N2O2. The van der Waals surface area contributed by atoms with Crippen LogP contribution in [0.3, 0.4) is 0 Å². The molecule has 0 radical (unpaired) electrons. The molecule has 6 heteroatoms. The van der Waals surface area contributed by atoms with Crippen molar-refractivity contribution in [3.05, 3.63) is 57.8 Å². The van der Waals surface area contributed by atoms with Crippen molar-refractivity contribution in [1.82, 2.24) is 9.88 Å². The van der Waals surface area contributed by atoms with Gasteiger partial charge in [0, 0.05) is 12.6 Å². The highest BCUT2D eigenvalue weighted by Gasteiger charge is 2.27. The minimum absolute atomic E-state index is 0.00539. The Hall–Kier alpha value is -1.78. The van der Waals surface area contributed by atoms with Gasteiger partial charge in [-0.3, -0.25) is 4.79 Å². The largest absolute Gasteiger partial charge is 0.484 e. The van der Waals surface area contributed by atoms with Crippen molar-refractivity contribution in [1.29, 1.82) is 0 Å². The van der Waals surface area contributed by atoms with Gasteiger partial charge in [-0.15, -0.1) is 0 Å². The van der Waals surface area contributed by atoms with Gasteiger partial charge in [0.05, 0.1) is 15.7 Å². The van der Waals surface area contributed by atoms with Crippen molar-refractivity contribution >= 4 is 29.1 Å². The number of halogens is 2. The van der Waals surface area contributed by atoms with Crippen LogP contribution < -0.4 is 4.74 Å². The van der Waals surface area contributed by atoms with Crippen LogP contribution in [0, 0.1) is 0 Å². The first-order chi connectivity index (χ1) is 12.6. The van der Waals surface area contributed by atoms with Crippen molar-refractivity contribution in [2.45, 2.75) is 45.3 Å². The first-order valence-electron chi connectivity index (χ1n) is 8.94. The van der Waals surface area contributed by atoms with Crippen LogP contribution in [-0.2, 0) is 6.61 Å². The van der Waals surface area contributed by atoms with Gasteiger partial charge in [0.25, 0.3) is 5.91 Å². The molecule has 4 nitrogen and oxygen atoms in total. The first-order valence-corrected chi connectivity index (χ1v) is 9.69. The normalized spacial score (nSPS) is 17.2. The van der Waals surface area contributed by atoms with Crippen LogP contribution >= 0.6 is 23.2 Å². The molecule has 26 heavy (non-hydrogen) atoms. The molecule has 0 bridgehead atoms. The van der Waals surface area contributed by atoms with E-state index in [-0.39, 0.29) is 12.5 Å². The predicted molar refractivity (Wildman–Crippen MR) is 104 cm³/mol. The summed E-state index contributed by atoms with van der Waals surface area (Å²) in [4.78, 5) is 19.3. The van der Waals surface area contributed by atoms with Gasteiger partial charge in [-0.05, 0) is 49.9 Å². The fourth-order valence-electron chi connectivity index (χ4n) is 3.29. The van der Waals surface area contributed by atoms with E-state index in [9.17, 15) is 4.79 Å². The molecule has 1 atom stereocenters. The van der Waals surface area contributed by atoms with E-state index in [1.54, 1.807) is 24.3 Å². The lowest BCUT2D eigenvalue weighted by atomic mass is 9.99. The SMILES string of the molecule is CCC1CCCCN1C(=O)c1cccc(COc2c(Cl)cccc2Cl)n1. The van der Waals surface area contributed by atoms with E-state index in [0.29, 0.717) is 33.2 Å². The third-order valence-electron chi connectivity index (χ3n) is 4.67. The number of carbonyl (C=O) groups is 1. The molecule has 1 amide bonds. The minimum Gasteiger partial charge on any atom is -0.484 e.